The van der Waals surface area contributed by atoms with Gasteiger partial charge >= 0.3 is 0 Å². The van der Waals surface area contributed by atoms with Crippen molar-refractivity contribution in [3.63, 3.8) is 0 Å². The van der Waals surface area contributed by atoms with Crippen molar-refractivity contribution < 1.29 is 9.53 Å². The lowest BCUT2D eigenvalue weighted by molar-refractivity contribution is 0.110. The Kier molecular flexibility index (Phi) is 4.40. The zero-order valence-corrected chi connectivity index (χ0v) is 8.77. The first-order valence-corrected chi connectivity index (χ1v) is 4.94. The summed E-state index contributed by atoms with van der Waals surface area (Å²) in [6, 6.07) is 3.99. The van der Waals surface area contributed by atoms with Crippen molar-refractivity contribution in [3.05, 3.63) is 24.0 Å². The number of carbonyl (C=O) groups excluding carboxylic acids is 1. The van der Waals surface area contributed by atoms with Crippen molar-refractivity contribution in [1.82, 2.24) is 4.57 Å². The van der Waals surface area contributed by atoms with Crippen LogP contribution in [0.25, 0.3) is 0 Å². The number of carbonyl (C=O) groups is 1. The normalized spacial score (nSPS) is 12.7. The highest BCUT2D eigenvalue weighted by Gasteiger charge is 2.11. The maximum absolute atomic E-state index is 10.7. The number of nitrogens with zero attached hydrogens (tertiary/aromatic N) is 1. The molecule has 0 radical (unpaired) electrons. The van der Waals surface area contributed by atoms with Gasteiger partial charge in [0.25, 0.3) is 0 Å². The first kappa shape index (κ1) is 11.0. The Labute approximate surface area is 84.7 Å². The Morgan fingerprint density at radius 1 is 1.64 bits per heavy atom. The summed E-state index contributed by atoms with van der Waals surface area (Å²) in [7, 11) is 1.69. The summed E-state index contributed by atoms with van der Waals surface area (Å²) in [6.07, 6.45) is 4.94. The molecule has 0 aliphatic heterocycles. The molecule has 0 N–H and O–H groups in total. The van der Waals surface area contributed by atoms with Crippen LogP contribution in [0.3, 0.4) is 0 Å². The lowest BCUT2D eigenvalue weighted by Crippen LogP contribution is -2.15. The first-order chi connectivity index (χ1) is 6.83. The summed E-state index contributed by atoms with van der Waals surface area (Å²) in [6.45, 7) is 2.79. The van der Waals surface area contributed by atoms with E-state index in [-0.39, 0.29) is 6.04 Å². The van der Waals surface area contributed by atoms with E-state index in [0.29, 0.717) is 6.61 Å². The van der Waals surface area contributed by atoms with Gasteiger partial charge in [-0.3, -0.25) is 4.79 Å². The van der Waals surface area contributed by atoms with Crippen molar-refractivity contribution >= 4 is 6.29 Å². The number of methoxy groups -OCH3 is 1. The molecule has 1 aromatic rings. The van der Waals surface area contributed by atoms with Crippen LogP contribution in [0.1, 0.15) is 36.3 Å². The van der Waals surface area contributed by atoms with E-state index in [2.05, 4.69) is 6.92 Å². The van der Waals surface area contributed by atoms with E-state index in [1.807, 2.05) is 22.9 Å². The standard InChI is InChI=1S/C11H17NO2/c1-3-5-11(9-14-2)12-7-4-6-10(12)8-13/h4,6-8,11H,3,5,9H2,1-2H3. The second-order valence-corrected chi connectivity index (χ2v) is 3.36. The van der Waals surface area contributed by atoms with Gasteiger partial charge in [-0.25, -0.2) is 0 Å². The van der Waals surface area contributed by atoms with Gasteiger partial charge in [-0.05, 0) is 18.6 Å². The zero-order valence-electron chi connectivity index (χ0n) is 8.77. The number of hydrogen-bond donors (Lipinski definition) is 0. The highest BCUT2D eigenvalue weighted by Crippen LogP contribution is 2.16. The highest BCUT2D eigenvalue weighted by molar-refractivity contribution is 5.72. The van der Waals surface area contributed by atoms with Gasteiger partial charge in [0.2, 0.25) is 0 Å². The van der Waals surface area contributed by atoms with Crippen LogP contribution in [0.2, 0.25) is 0 Å². The fraction of sp³-hybridized carbons (Fsp3) is 0.545. The topological polar surface area (TPSA) is 31.2 Å². The SMILES string of the molecule is CCCC(COC)n1cccc1C=O. The van der Waals surface area contributed by atoms with E-state index in [1.54, 1.807) is 7.11 Å². The van der Waals surface area contributed by atoms with Gasteiger partial charge < -0.3 is 9.30 Å². The van der Waals surface area contributed by atoms with Gasteiger partial charge in [0.05, 0.1) is 18.3 Å². The predicted molar refractivity (Wildman–Crippen MR) is 55.6 cm³/mol. The maximum Gasteiger partial charge on any atom is 0.166 e. The number of rotatable bonds is 6. The fourth-order valence-electron chi connectivity index (χ4n) is 1.67. The third-order valence-corrected chi connectivity index (χ3v) is 2.31. The minimum absolute atomic E-state index is 0.278. The van der Waals surface area contributed by atoms with Gasteiger partial charge in [0.1, 0.15) is 0 Å². The molecule has 0 fully saturated rings. The van der Waals surface area contributed by atoms with E-state index >= 15 is 0 Å². The molecule has 1 aromatic heterocycles. The van der Waals surface area contributed by atoms with Gasteiger partial charge in [-0.1, -0.05) is 13.3 Å². The first-order valence-electron chi connectivity index (χ1n) is 4.94. The third-order valence-electron chi connectivity index (χ3n) is 2.31. The van der Waals surface area contributed by atoms with E-state index in [0.717, 1.165) is 24.8 Å². The molecule has 1 atom stereocenters. The van der Waals surface area contributed by atoms with Gasteiger partial charge in [0.15, 0.2) is 6.29 Å². The molecule has 0 amide bonds. The zero-order chi connectivity index (χ0) is 10.4. The van der Waals surface area contributed by atoms with Crippen molar-refractivity contribution in [3.8, 4) is 0 Å². The van der Waals surface area contributed by atoms with Crippen LogP contribution in [0.5, 0.6) is 0 Å². The molecule has 0 spiro atoms. The molecule has 78 valence electrons. The molecule has 0 aliphatic carbocycles. The van der Waals surface area contributed by atoms with Crippen LogP contribution in [0.4, 0.5) is 0 Å². The number of hydrogen-bond acceptors (Lipinski definition) is 2. The van der Waals surface area contributed by atoms with E-state index < -0.39 is 0 Å². The smallest absolute Gasteiger partial charge is 0.166 e. The van der Waals surface area contributed by atoms with Crippen LogP contribution < -0.4 is 0 Å². The Morgan fingerprint density at radius 3 is 3.00 bits per heavy atom. The Bertz CT molecular complexity index is 275. The van der Waals surface area contributed by atoms with E-state index in [4.69, 9.17) is 4.74 Å². The van der Waals surface area contributed by atoms with Crippen LogP contribution in [-0.2, 0) is 4.74 Å². The van der Waals surface area contributed by atoms with Crippen LogP contribution in [0, 0.1) is 0 Å². The van der Waals surface area contributed by atoms with E-state index in [1.165, 1.54) is 0 Å². The van der Waals surface area contributed by atoms with Gasteiger partial charge in [0, 0.05) is 13.3 Å². The lowest BCUT2D eigenvalue weighted by atomic mass is 10.2. The molecule has 14 heavy (non-hydrogen) atoms. The minimum atomic E-state index is 0.278. The average Bonchev–Trinajstić information content (AvgIpc) is 2.65. The molecule has 0 saturated heterocycles. The van der Waals surface area contributed by atoms with Crippen LogP contribution >= 0.6 is 0 Å². The van der Waals surface area contributed by atoms with Crippen molar-refractivity contribution in [2.45, 2.75) is 25.8 Å². The molecule has 0 aliphatic rings. The third kappa shape index (κ3) is 2.45. The minimum Gasteiger partial charge on any atom is -0.383 e. The Balaban J connectivity index is 2.80. The van der Waals surface area contributed by atoms with Crippen molar-refractivity contribution in [2.75, 3.05) is 13.7 Å². The molecule has 1 heterocycles. The summed E-state index contributed by atoms with van der Waals surface area (Å²) >= 11 is 0. The van der Waals surface area contributed by atoms with Crippen molar-refractivity contribution in [1.29, 1.82) is 0 Å². The number of aromatic nitrogens is 1. The lowest BCUT2D eigenvalue weighted by Gasteiger charge is -2.18. The molecule has 0 aromatic carbocycles. The summed E-state index contributed by atoms with van der Waals surface area (Å²) in [5.41, 5.74) is 0.723. The fourth-order valence-corrected chi connectivity index (χ4v) is 1.67. The summed E-state index contributed by atoms with van der Waals surface area (Å²) in [4.78, 5) is 10.7. The molecule has 3 heteroatoms. The Morgan fingerprint density at radius 2 is 2.43 bits per heavy atom. The summed E-state index contributed by atoms with van der Waals surface area (Å²) in [5.74, 6) is 0. The molecule has 3 nitrogen and oxygen atoms in total. The predicted octanol–water partition coefficient (Wildman–Crippen LogP) is 2.29. The van der Waals surface area contributed by atoms with Crippen LogP contribution in [-0.4, -0.2) is 24.6 Å². The van der Waals surface area contributed by atoms with Gasteiger partial charge in [-0.2, -0.15) is 0 Å². The quantitative estimate of drug-likeness (QED) is 0.652. The van der Waals surface area contributed by atoms with Crippen molar-refractivity contribution in [2.24, 2.45) is 0 Å². The van der Waals surface area contributed by atoms with Crippen LogP contribution in [0.15, 0.2) is 18.3 Å². The second-order valence-electron chi connectivity index (χ2n) is 3.36. The monoisotopic (exact) mass is 195 g/mol. The molecule has 1 unspecified atom stereocenters. The average molecular weight is 195 g/mol. The summed E-state index contributed by atoms with van der Waals surface area (Å²) in [5, 5.41) is 0. The Hall–Kier alpha value is -1.09. The number of ether oxygens (including phenoxy) is 1. The summed E-state index contributed by atoms with van der Waals surface area (Å²) < 4.78 is 7.13. The largest absolute Gasteiger partial charge is 0.383 e. The molecular formula is C11H17NO2. The molecule has 1 rings (SSSR count). The van der Waals surface area contributed by atoms with Gasteiger partial charge in [-0.15, -0.1) is 0 Å². The van der Waals surface area contributed by atoms with E-state index in [9.17, 15) is 4.79 Å². The maximum atomic E-state index is 10.7. The molecule has 0 bridgehead atoms. The second kappa shape index (κ2) is 5.60. The molecule has 0 saturated carbocycles. The molecular weight excluding hydrogens is 178 g/mol. The number of aldehydes is 1. The highest BCUT2D eigenvalue weighted by atomic mass is 16.5.